The largest absolute Gasteiger partial charge is 0.294 e. The molecule has 0 heterocycles. The molecule has 4 nitrogen and oxygen atoms in total. The molecular weight excluding hydrogens is 405 g/mol. The average molecular weight is 420 g/mol. The molecule has 138 valence electrons. The Labute approximate surface area is 167 Å². The Bertz CT molecular complexity index is 1080. The fraction of sp³-hybridized carbons (Fsp3) is 0.0500. The summed E-state index contributed by atoms with van der Waals surface area (Å²) in [5.41, 5.74) is 1.23. The monoisotopic (exact) mass is 419 g/mol. The van der Waals surface area contributed by atoms with Gasteiger partial charge in [-0.15, -0.1) is 0 Å². The van der Waals surface area contributed by atoms with Crippen LogP contribution in [0, 0.1) is 0 Å². The predicted molar refractivity (Wildman–Crippen MR) is 108 cm³/mol. The number of hydrogen-bond acceptors (Lipinski definition) is 3. The van der Waals surface area contributed by atoms with Crippen LogP contribution in [0.25, 0.3) is 0 Å². The van der Waals surface area contributed by atoms with Gasteiger partial charge in [0, 0.05) is 12.0 Å². The molecule has 0 bridgehead atoms. The van der Waals surface area contributed by atoms with Crippen LogP contribution in [-0.2, 0) is 16.4 Å². The molecule has 27 heavy (non-hydrogen) atoms. The topological polar surface area (TPSA) is 63.2 Å². The Hall–Kier alpha value is -2.34. The first-order valence-electron chi connectivity index (χ1n) is 8.01. The Kier molecular flexibility index (Phi) is 5.85. The molecule has 0 aliphatic heterocycles. The molecule has 3 aromatic carbocycles. The number of hydrogen-bond donors (Lipinski definition) is 1. The summed E-state index contributed by atoms with van der Waals surface area (Å²) in [5, 5.41) is 0.567. The van der Waals surface area contributed by atoms with Crippen LogP contribution in [0.5, 0.6) is 0 Å². The van der Waals surface area contributed by atoms with E-state index in [0.717, 1.165) is 0 Å². The molecule has 0 fully saturated rings. The van der Waals surface area contributed by atoms with Crippen LogP contribution in [0.1, 0.15) is 15.9 Å². The van der Waals surface area contributed by atoms with Gasteiger partial charge in [-0.2, -0.15) is 0 Å². The van der Waals surface area contributed by atoms with Gasteiger partial charge in [-0.3, -0.25) is 9.52 Å². The van der Waals surface area contributed by atoms with E-state index in [-0.39, 0.29) is 27.8 Å². The fourth-order valence-electron chi connectivity index (χ4n) is 2.58. The average Bonchev–Trinajstić information content (AvgIpc) is 2.65. The number of halogens is 2. The number of rotatable bonds is 6. The molecule has 0 aliphatic rings. The smallest absolute Gasteiger partial charge is 0.262 e. The van der Waals surface area contributed by atoms with E-state index in [9.17, 15) is 13.2 Å². The minimum Gasteiger partial charge on any atom is -0.294 e. The molecule has 0 atom stereocenters. The van der Waals surface area contributed by atoms with Crippen LogP contribution in [0.15, 0.2) is 77.7 Å². The number of nitrogens with one attached hydrogen (secondary N) is 1. The SMILES string of the molecule is O=C(Cc1ccccc1S(=O)(=O)Nc1ccc(Cl)c(Cl)c1)c1ccccc1. The lowest BCUT2D eigenvalue weighted by Gasteiger charge is -2.12. The van der Waals surface area contributed by atoms with Gasteiger partial charge in [0.1, 0.15) is 0 Å². The Morgan fingerprint density at radius 3 is 2.22 bits per heavy atom. The highest BCUT2D eigenvalue weighted by molar-refractivity contribution is 7.92. The van der Waals surface area contributed by atoms with Crippen molar-refractivity contribution in [2.45, 2.75) is 11.3 Å². The molecule has 0 spiro atoms. The summed E-state index contributed by atoms with van der Waals surface area (Å²) >= 11 is 11.8. The van der Waals surface area contributed by atoms with Gasteiger partial charge in [0.25, 0.3) is 10.0 Å². The maximum absolute atomic E-state index is 12.8. The van der Waals surface area contributed by atoms with E-state index in [1.807, 2.05) is 6.07 Å². The van der Waals surface area contributed by atoms with Crippen LogP contribution < -0.4 is 4.72 Å². The van der Waals surface area contributed by atoms with E-state index < -0.39 is 10.0 Å². The van der Waals surface area contributed by atoms with Gasteiger partial charge in [0.15, 0.2) is 5.78 Å². The molecule has 0 amide bonds. The van der Waals surface area contributed by atoms with Crippen molar-refractivity contribution in [3.8, 4) is 0 Å². The second-order valence-electron chi connectivity index (χ2n) is 5.81. The molecule has 0 saturated heterocycles. The van der Waals surface area contributed by atoms with Gasteiger partial charge >= 0.3 is 0 Å². The van der Waals surface area contributed by atoms with Crippen molar-refractivity contribution in [1.82, 2.24) is 0 Å². The van der Waals surface area contributed by atoms with Gasteiger partial charge in [-0.1, -0.05) is 71.7 Å². The van der Waals surface area contributed by atoms with Crippen LogP contribution in [-0.4, -0.2) is 14.2 Å². The summed E-state index contributed by atoms with van der Waals surface area (Å²) in [6.45, 7) is 0. The summed E-state index contributed by atoms with van der Waals surface area (Å²) < 4.78 is 28.2. The predicted octanol–water partition coefficient (Wildman–Crippen LogP) is 5.22. The summed E-state index contributed by atoms with van der Waals surface area (Å²) in [5.74, 6) is -0.159. The van der Waals surface area contributed by atoms with Crippen molar-refractivity contribution < 1.29 is 13.2 Å². The zero-order valence-electron chi connectivity index (χ0n) is 14.0. The molecule has 3 aromatic rings. The zero-order chi connectivity index (χ0) is 19.4. The standard InChI is InChI=1S/C20H15Cl2NO3S/c21-17-11-10-16(13-18(17)22)23-27(25,26)20-9-5-4-8-15(20)12-19(24)14-6-2-1-3-7-14/h1-11,13,23H,12H2. The molecule has 7 heteroatoms. The number of anilines is 1. The second kappa shape index (κ2) is 8.13. The third kappa shape index (κ3) is 4.69. The quantitative estimate of drug-likeness (QED) is 0.556. The maximum atomic E-state index is 12.8. The second-order valence-corrected chi connectivity index (χ2v) is 8.27. The van der Waals surface area contributed by atoms with Crippen molar-refractivity contribution in [2.75, 3.05) is 4.72 Å². The van der Waals surface area contributed by atoms with Crippen molar-refractivity contribution in [2.24, 2.45) is 0 Å². The molecule has 0 saturated carbocycles. The first kappa shape index (κ1) is 19.4. The minimum atomic E-state index is -3.91. The highest BCUT2D eigenvalue weighted by atomic mass is 35.5. The number of ketones is 1. The van der Waals surface area contributed by atoms with Crippen LogP contribution >= 0.6 is 23.2 Å². The molecule has 0 unspecified atom stereocenters. The summed E-state index contributed by atoms with van der Waals surface area (Å²) in [7, 11) is -3.91. The number of carbonyl (C=O) groups is 1. The number of Topliss-reactive ketones (excluding diaryl/α,β-unsaturated/α-hetero) is 1. The first-order valence-corrected chi connectivity index (χ1v) is 10.2. The lowest BCUT2D eigenvalue weighted by atomic mass is 10.0. The molecule has 3 rings (SSSR count). The molecule has 1 N–H and O–H groups in total. The normalized spacial score (nSPS) is 11.2. The Morgan fingerprint density at radius 1 is 0.852 bits per heavy atom. The van der Waals surface area contributed by atoms with E-state index in [4.69, 9.17) is 23.2 Å². The van der Waals surface area contributed by atoms with Crippen molar-refractivity contribution >= 4 is 44.7 Å². The molecule has 0 aliphatic carbocycles. The van der Waals surface area contributed by atoms with Crippen molar-refractivity contribution in [1.29, 1.82) is 0 Å². The zero-order valence-corrected chi connectivity index (χ0v) is 16.4. The Morgan fingerprint density at radius 2 is 1.52 bits per heavy atom. The number of benzene rings is 3. The van der Waals surface area contributed by atoms with Gasteiger partial charge in [0.05, 0.1) is 20.6 Å². The summed E-state index contributed by atoms with van der Waals surface area (Å²) in [6, 6.07) is 19.6. The minimum absolute atomic E-state index is 0.0253. The van der Waals surface area contributed by atoms with E-state index in [2.05, 4.69) is 4.72 Å². The van der Waals surface area contributed by atoms with Crippen molar-refractivity contribution in [3.05, 3.63) is 94.0 Å². The van der Waals surface area contributed by atoms with Gasteiger partial charge in [-0.25, -0.2) is 8.42 Å². The fourth-order valence-corrected chi connectivity index (χ4v) is 4.17. The maximum Gasteiger partial charge on any atom is 0.262 e. The lowest BCUT2D eigenvalue weighted by Crippen LogP contribution is -2.16. The third-order valence-corrected chi connectivity index (χ3v) is 6.10. The van der Waals surface area contributed by atoms with Crippen LogP contribution in [0.2, 0.25) is 10.0 Å². The van der Waals surface area contributed by atoms with Gasteiger partial charge < -0.3 is 0 Å². The molecular formula is C20H15Cl2NO3S. The number of sulfonamides is 1. The summed E-state index contributed by atoms with van der Waals surface area (Å²) in [6.07, 6.45) is -0.0253. The number of carbonyl (C=O) groups excluding carboxylic acids is 1. The van der Waals surface area contributed by atoms with Gasteiger partial charge in [-0.05, 0) is 29.8 Å². The van der Waals surface area contributed by atoms with Crippen LogP contribution in [0.4, 0.5) is 5.69 Å². The van der Waals surface area contributed by atoms with Gasteiger partial charge in [0.2, 0.25) is 0 Å². The van der Waals surface area contributed by atoms with E-state index in [1.54, 1.807) is 42.5 Å². The van der Waals surface area contributed by atoms with Crippen molar-refractivity contribution in [3.63, 3.8) is 0 Å². The highest BCUT2D eigenvalue weighted by Crippen LogP contribution is 2.27. The van der Waals surface area contributed by atoms with Crippen LogP contribution in [0.3, 0.4) is 0 Å². The summed E-state index contributed by atoms with van der Waals surface area (Å²) in [4.78, 5) is 12.5. The molecule has 0 radical (unpaired) electrons. The van der Waals surface area contributed by atoms with E-state index >= 15 is 0 Å². The van der Waals surface area contributed by atoms with E-state index in [0.29, 0.717) is 16.1 Å². The molecule has 0 aromatic heterocycles. The first-order chi connectivity index (χ1) is 12.9. The highest BCUT2D eigenvalue weighted by Gasteiger charge is 2.20. The lowest BCUT2D eigenvalue weighted by molar-refractivity contribution is 0.0992. The Balaban J connectivity index is 1.90. The van der Waals surface area contributed by atoms with E-state index in [1.165, 1.54) is 24.3 Å². The third-order valence-electron chi connectivity index (χ3n) is 3.88.